The van der Waals surface area contributed by atoms with Gasteiger partial charge in [-0.2, -0.15) is 0 Å². The van der Waals surface area contributed by atoms with E-state index >= 15 is 0 Å². The summed E-state index contributed by atoms with van der Waals surface area (Å²) in [5.41, 5.74) is 1.08. The largest absolute Gasteiger partial charge is 0.497 e. The Bertz CT molecular complexity index is 825. The first-order valence-electron chi connectivity index (χ1n) is 6.00. The van der Waals surface area contributed by atoms with Crippen LogP contribution in [-0.2, 0) is 0 Å². The number of aromatic nitrogens is 2. The second-order valence-corrected chi connectivity index (χ2v) is 4.31. The van der Waals surface area contributed by atoms with E-state index in [1.54, 1.807) is 31.4 Å². The Morgan fingerprint density at radius 3 is 2.65 bits per heavy atom. The van der Waals surface area contributed by atoms with Gasteiger partial charge in [-0.15, -0.1) is 0 Å². The predicted octanol–water partition coefficient (Wildman–Crippen LogP) is 2.74. The van der Waals surface area contributed by atoms with Crippen LogP contribution in [-0.4, -0.2) is 17.1 Å². The molecular weight excluding hydrogens is 259 g/mol. The molecule has 3 aromatic rings. The average Bonchev–Trinajstić information content (AvgIpc) is 2.47. The highest BCUT2D eigenvalue weighted by Crippen LogP contribution is 2.27. The fourth-order valence-electron chi connectivity index (χ4n) is 2.08. The predicted molar refractivity (Wildman–Crippen MR) is 74.3 cm³/mol. The van der Waals surface area contributed by atoms with E-state index in [0.29, 0.717) is 27.8 Å². The Morgan fingerprint density at radius 1 is 1.20 bits per heavy atom. The van der Waals surface area contributed by atoms with Crippen molar-refractivity contribution in [3.63, 3.8) is 0 Å². The number of methoxy groups -OCH3 is 1. The number of ether oxygens (including phenoxy) is 1. The van der Waals surface area contributed by atoms with Crippen LogP contribution in [0.5, 0.6) is 5.75 Å². The maximum atomic E-state index is 14.1. The quantitative estimate of drug-likeness (QED) is 0.779. The standard InChI is InChI=1S/C15H11FN2O2/c1-20-10-4-2-9(3-5-10)11-6-12-14(7-13(11)16)17-8-18-15(12)19/h2-8H,1H3,(H,17,18,19). The minimum Gasteiger partial charge on any atom is -0.497 e. The number of H-pyrrole nitrogens is 1. The van der Waals surface area contributed by atoms with Crippen molar-refractivity contribution in [3.8, 4) is 16.9 Å². The summed E-state index contributed by atoms with van der Waals surface area (Å²) in [5, 5.41) is 0.361. The van der Waals surface area contributed by atoms with Gasteiger partial charge in [-0.05, 0) is 23.8 Å². The molecule has 1 heterocycles. The fraction of sp³-hybridized carbons (Fsp3) is 0.0667. The van der Waals surface area contributed by atoms with Gasteiger partial charge < -0.3 is 9.72 Å². The third-order valence-electron chi connectivity index (χ3n) is 3.13. The number of fused-ring (bicyclic) bond motifs is 1. The molecule has 20 heavy (non-hydrogen) atoms. The summed E-state index contributed by atoms with van der Waals surface area (Å²) in [6.45, 7) is 0. The van der Waals surface area contributed by atoms with Gasteiger partial charge in [0.1, 0.15) is 11.6 Å². The second kappa shape index (κ2) is 4.77. The van der Waals surface area contributed by atoms with Crippen molar-refractivity contribution in [3.05, 3.63) is 58.9 Å². The SMILES string of the molecule is COc1ccc(-c2cc3c(=O)[nH]cnc3cc2F)cc1. The number of benzene rings is 2. The normalized spacial score (nSPS) is 10.7. The Hall–Kier alpha value is -2.69. The summed E-state index contributed by atoms with van der Waals surface area (Å²) in [4.78, 5) is 18.2. The number of nitrogens with one attached hydrogen (secondary N) is 1. The molecule has 0 atom stereocenters. The highest BCUT2D eigenvalue weighted by molar-refractivity contribution is 5.84. The topological polar surface area (TPSA) is 55.0 Å². The molecule has 0 unspecified atom stereocenters. The zero-order valence-corrected chi connectivity index (χ0v) is 10.7. The summed E-state index contributed by atoms with van der Waals surface area (Å²) >= 11 is 0. The summed E-state index contributed by atoms with van der Waals surface area (Å²) in [6.07, 6.45) is 1.26. The van der Waals surface area contributed by atoms with Gasteiger partial charge in [-0.1, -0.05) is 12.1 Å². The maximum Gasteiger partial charge on any atom is 0.258 e. The molecule has 0 aliphatic heterocycles. The molecule has 2 aromatic carbocycles. The first-order chi connectivity index (χ1) is 9.69. The van der Waals surface area contributed by atoms with Crippen molar-refractivity contribution in [2.45, 2.75) is 0 Å². The lowest BCUT2D eigenvalue weighted by Gasteiger charge is -2.06. The molecule has 1 N–H and O–H groups in total. The van der Waals surface area contributed by atoms with Crippen molar-refractivity contribution in [1.29, 1.82) is 0 Å². The highest BCUT2D eigenvalue weighted by Gasteiger charge is 2.10. The molecule has 0 saturated carbocycles. The Kier molecular flexibility index (Phi) is 2.95. The van der Waals surface area contributed by atoms with Crippen molar-refractivity contribution in [2.75, 3.05) is 7.11 Å². The first kappa shape index (κ1) is 12.3. The fourth-order valence-corrected chi connectivity index (χ4v) is 2.08. The molecule has 0 aliphatic rings. The van der Waals surface area contributed by atoms with Crippen molar-refractivity contribution in [1.82, 2.24) is 9.97 Å². The van der Waals surface area contributed by atoms with Crippen LogP contribution in [0.25, 0.3) is 22.0 Å². The Morgan fingerprint density at radius 2 is 1.95 bits per heavy atom. The maximum absolute atomic E-state index is 14.1. The second-order valence-electron chi connectivity index (χ2n) is 4.31. The third kappa shape index (κ3) is 2.03. The molecule has 0 amide bonds. The molecule has 100 valence electrons. The van der Waals surface area contributed by atoms with Crippen LogP contribution in [0.2, 0.25) is 0 Å². The van der Waals surface area contributed by atoms with Crippen molar-refractivity contribution >= 4 is 10.9 Å². The van der Waals surface area contributed by atoms with E-state index in [9.17, 15) is 9.18 Å². The Balaban J connectivity index is 2.22. The van der Waals surface area contributed by atoms with Crippen molar-refractivity contribution < 1.29 is 9.13 Å². The lowest BCUT2D eigenvalue weighted by atomic mass is 10.0. The molecule has 5 heteroatoms. The number of hydrogen-bond acceptors (Lipinski definition) is 3. The molecule has 0 bridgehead atoms. The molecular formula is C15H11FN2O2. The van der Waals surface area contributed by atoms with Crippen LogP contribution in [0.15, 0.2) is 47.5 Å². The van der Waals surface area contributed by atoms with Crippen LogP contribution < -0.4 is 10.3 Å². The molecule has 0 radical (unpaired) electrons. The van der Waals surface area contributed by atoms with Gasteiger partial charge in [0.2, 0.25) is 0 Å². The highest BCUT2D eigenvalue weighted by atomic mass is 19.1. The summed E-state index contributed by atoms with van der Waals surface area (Å²) in [7, 11) is 1.57. The van der Waals surface area contributed by atoms with E-state index in [1.165, 1.54) is 18.5 Å². The number of aromatic amines is 1. The van der Waals surface area contributed by atoms with Gasteiger partial charge in [0.05, 0.1) is 24.3 Å². The van der Waals surface area contributed by atoms with E-state index in [2.05, 4.69) is 9.97 Å². The molecule has 1 aromatic heterocycles. The lowest BCUT2D eigenvalue weighted by molar-refractivity contribution is 0.415. The van der Waals surface area contributed by atoms with Crippen LogP contribution in [0, 0.1) is 5.82 Å². The summed E-state index contributed by atoms with van der Waals surface area (Å²) in [6, 6.07) is 9.75. The average molecular weight is 270 g/mol. The first-order valence-corrected chi connectivity index (χ1v) is 6.00. The number of nitrogens with zero attached hydrogens (tertiary/aromatic N) is 1. The van der Waals surface area contributed by atoms with E-state index in [4.69, 9.17) is 4.74 Å². The molecule has 4 nitrogen and oxygen atoms in total. The van der Waals surface area contributed by atoms with Crippen LogP contribution in [0.3, 0.4) is 0 Å². The minimum absolute atomic E-state index is 0.287. The van der Waals surface area contributed by atoms with Gasteiger partial charge >= 0.3 is 0 Å². The van der Waals surface area contributed by atoms with Gasteiger partial charge in [-0.3, -0.25) is 4.79 Å². The molecule has 3 rings (SSSR count). The zero-order valence-electron chi connectivity index (χ0n) is 10.7. The van der Waals surface area contributed by atoms with Crippen LogP contribution in [0.4, 0.5) is 4.39 Å². The summed E-state index contributed by atoms with van der Waals surface area (Å²) < 4.78 is 19.2. The van der Waals surface area contributed by atoms with Gasteiger partial charge in [0.15, 0.2) is 0 Å². The van der Waals surface area contributed by atoms with Crippen molar-refractivity contribution in [2.24, 2.45) is 0 Å². The van der Waals surface area contributed by atoms with E-state index in [0.717, 1.165) is 0 Å². The molecule has 0 saturated heterocycles. The monoisotopic (exact) mass is 270 g/mol. The van der Waals surface area contributed by atoms with Gasteiger partial charge in [0, 0.05) is 11.6 Å². The van der Waals surface area contributed by atoms with Crippen LogP contribution in [0.1, 0.15) is 0 Å². The number of hydrogen-bond donors (Lipinski definition) is 1. The minimum atomic E-state index is -0.416. The lowest BCUT2D eigenvalue weighted by Crippen LogP contribution is -2.06. The smallest absolute Gasteiger partial charge is 0.258 e. The number of halogens is 1. The van der Waals surface area contributed by atoms with E-state index in [1.807, 2.05) is 0 Å². The van der Waals surface area contributed by atoms with E-state index < -0.39 is 5.82 Å². The zero-order chi connectivity index (χ0) is 14.1. The van der Waals surface area contributed by atoms with Crippen LogP contribution >= 0.6 is 0 Å². The van der Waals surface area contributed by atoms with Gasteiger partial charge in [0.25, 0.3) is 5.56 Å². The number of rotatable bonds is 2. The third-order valence-corrected chi connectivity index (χ3v) is 3.13. The molecule has 0 fully saturated rings. The molecule has 0 aliphatic carbocycles. The molecule has 0 spiro atoms. The summed E-state index contributed by atoms with van der Waals surface area (Å²) in [5.74, 6) is 0.273. The Labute approximate surface area is 113 Å². The van der Waals surface area contributed by atoms with Gasteiger partial charge in [-0.25, -0.2) is 9.37 Å². The van der Waals surface area contributed by atoms with E-state index in [-0.39, 0.29) is 5.56 Å².